The van der Waals surface area contributed by atoms with Crippen LogP contribution in [-0.4, -0.2) is 38.9 Å². The van der Waals surface area contributed by atoms with E-state index < -0.39 is 0 Å². The molecule has 0 bridgehead atoms. The molecule has 0 fully saturated rings. The van der Waals surface area contributed by atoms with Crippen molar-refractivity contribution in [1.29, 1.82) is 0 Å². The van der Waals surface area contributed by atoms with Crippen LogP contribution in [0.3, 0.4) is 0 Å². The van der Waals surface area contributed by atoms with Gasteiger partial charge in [0.2, 0.25) is 11.7 Å². The van der Waals surface area contributed by atoms with E-state index in [9.17, 15) is 9.59 Å². The fourth-order valence-electron chi connectivity index (χ4n) is 3.21. The van der Waals surface area contributed by atoms with Crippen LogP contribution < -0.4 is 10.9 Å². The molecule has 0 saturated heterocycles. The van der Waals surface area contributed by atoms with Crippen LogP contribution in [0.25, 0.3) is 5.78 Å². The van der Waals surface area contributed by atoms with Gasteiger partial charge in [0.25, 0.3) is 5.56 Å². The van der Waals surface area contributed by atoms with Gasteiger partial charge in [-0.15, -0.1) is 16.9 Å². The number of thioether (sulfide) groups is 1. The van der Waals surface area contributed by atoms with Gasteiger partial charge in [0.1, 0.15) is 12.4 Å². The smallest absolute Gasteiger partial charge is 0.258 e. The van der Waals surface area contributed by atoms with E-state index in [4.69, 9.17) is 4.74 Å². The van der Waals surface area contributed by atoms with Crippen molar-refractivity contribution in [2.45, 2.75) is 23.8 Å². The second-order valence-electron chi connectivity index (χ2n) is 5.99. The molecule has 3 heterocycles. The SMILES string of the molecule is COCc1nc2[nH]c(=O)c3c(n2n1)NC(=O)C[C@@H]3c1ccc(SC)cc1. The van der Waals surface area contributed by atoms with Gasteiger partial charge < -0.3 is 10.1 Å². The molecule has 0 saturated carbocycles. The second kappa shape index (κ2) is 6.58. The highest BCUT2D eigenvalue weighted by Crippen LogP contribution is 2.35. The maximum absolute atomic E-state index is 12.7. The number of nitrogens with one attached hydrogen (secondary N) is 2. The first-order valence-corrected chi connectivity index (χ1v) is 9.27. The highest BCUT2D eigenvalue weighted by atomic mass is 32.2. The zero-order valence-corrected chi connectivity index (χ0v) is 15.1. The third-order valence-electron chi connectivity index (χ3n) is 4.38. The van der Waals surface area contributed by atoms with Gasteiger partial charge in [0, 0.05) is 24.3 Å². The monoisotopic (exact) mass is 371 g/mol. The fourth-order valence-corrected chi connectivity index (χ4v) is 3.62. The summed E-state index contributed by atoms with van der Waals surface area (Å²) in [7, 11) is 1.54. The number of carbonyl (C=O) groups excluding carboxylic acids is 1. The lowest BCUT2D eigenvalue weighted by Crippen LogP contribution is -2.32. The number of ether oxygens (including phenoxy) is 1. The average Bonchev–Trinajstić information content (AvgIpc) is 3.04. The van der Waals surface area contributed by atoms with Crippen molar-refractivity contribution >= 4 is 29.3 Å². The third-order valence-corrected chi connectivity index (χ3v) is 5.12. The van der Waals surface area contributed by atoms with Gasteiger partial charge in [-0.25, -0.2) is 0 Å². The Bertz CT molecular complexity index is 1040. The first-order valence-electron chi connectivity index (χ1n) is 8.05. The van der Waals surface area contributed by atoms with E-state index in [1.165, 1.54) is 4.52 Å². The number of nitrogens with zero attached hydrogens (tertiary/aromatic N) is 3. The van der Waals surface area contributed by atoms with Gasteiger partial charge in [-0.3, -0.25) is 14.6 Å². The van der Waals surface area contributed by atoms with Crippen LogP contribution in [0.2, 0.25) is 0 Å². The zero-order chi connectivity index (χ0) is 18.3. The molecule has 9 heteroatoms. The molecular formula is C17H17N5O3S. The lowest BCUT2D eigenvalue weighted by molar-refractivity contribution is -0.116. The number of H-pyrrole nitrogens is 1. The molecule has 0 aliphatic carbocycles. The Balaban J connectivity index is 1.89. The average molecular weight is 371 g/mol. The predicted octanol–water partition coefficient (Wildman–Crippen LogP) is 1.76. The summed E-state index contributed by atoms with van der Waals surface area (Å²) in [6, 6.07) is 7.90. The Morgan fingerprint density at radius 1 is 1.31 bits per heavy atom. The van der Waals surface area contributed by atoms with Crippen LogP contribution in [-0.2, 0) is 16.1 Å². The number of amides is 1. The van der Waals surface area contributed by atoms with Gasteiger partial charge in [-0.1, -0.05) is 12.1 Å². The van der Waals surface area contributed by atoms with Gasteiger partial charge in [-0.2, -0.15) is 9.50 Å². The van der Waals surface area contributed by atoms with Gasteiger partial charge in [0.15, 0.2) is 5.82 Å². The van der Waals surface area contributed by atoms with E-state index in [2.05, 4.69) is 20.4 Å². The van der Waals surface area contributed by atoms with Gasteiger partial charge >= 0.3 is 0 Å². The van der Waals surface area contributed by atoms with E-state index in [0.29, 0.717) is 17.2 Å². The molecule has 2 N–H and O–H groups in total. The molecule has 134 valence electrons. The molecule has 4 rings (SSSR count). The maximum atomic E-state index is 12.7. The molecule has 2 aromatic heterocycles. The minimum atomic E-state index is -0.335. The molecular weight excluding hydrogens is 354 g/mol. The van der Waals surface area contributed by atoms with E-state index in [-0.39, 0.29) is 36.2 Å². The summed E-state index contributed by atoms with van der Waals surface area (Å²) in [6.45, 7) is 0.214. The Labute approximate surface area is 153 Å². The van der Waals surface area contributed by atoms with Crippen molar-refractivity contribution in [2.24, 2.45) is 0 Å². The number of aromatic amines is 1. The van der Waals surface area contributed by atoms with Crippen LogP contribution in [0.15, 0.2) is 34.0 Å². The Morgan fingerprint density at radius 3 is 2.77 bits per heavy atom. The van der Waals surface area contributed by atoms with Crippen molar-refractivity contribution in [1.82, 2.24) is 19.6 Å². The highest BCUT2D eigenvalue weighted by Gasteiger charge is 2.32. The van der Waals surface area contributed by atoms with E-state index >= 15 is 0 Å². The number of rotatable bonds is 4. The molecule has 3 aromatic rings. The summed E-state index contributed by atoms with van der Waals surface area (Å²) in [4.78, 5) is 33.2. The fraction of sp³-hybridized carbons (Fsp3) is 0.294. The van der Waals surface area contributed by atoms with Crippen molar-refractivity contribution in [3.05, 3.63) is 51.6 Å². The Hall–Kier alpha value is -2.65. The first-order chi connectivity index (χ1) is 12.6. The minimum Gasteiger partial charge on any atom is -0.377 e. The molecule has 0 spiro atoms. The summed E-state index contributed by atoms with van der Waals surface area (Å²) in [5, 5.41) is 7.12. The quantitative estimate of drug-likeness (QED) is 0.678. The van der Waals surface area contributed by atoms with E-state index in [1.807, 2.05) is 30.5 Å². The number of methoxy groups -OCH3 is 1. The van der Waals surface area contributed by atoms with Gasteiger partial charge in [-0.05, 0) is 24.0 Å². The van der Waals surface area contributed by atoms with Crippen molar-refractivity contribution in [3.63, 3.8) is 0 Å². The molecule has 26 heavy (non-hydrogen) atoms. The summed E-state index contributed by atoms with van der Waals surface area (Å²) >= 11 is 1.64. The topological polar surface area (TPSA) is 101 Å². The number of hydrogen-bond acceptors (Lipinski definition) is 6. The minimum absolute atomic E-state index is 0.160. The lowest BCUT2D eigenvalue weighted by Gasteiger charge is -2.25. The lowest BCUT2D eigenvalue weighted by atomic mass is 9.87. The van der Waals surface area contributed by atoms with Crippen LogP contribution in [0, 0.1) is 0 Å². The molecule has 1 amide bonds. The molecule has 1 atom stereocenters. The van der Waals surface area contributed by atoms with Crippen LogP contribution in [0.1, 0.15) is 29.3 Å². The number of carbonyl (C=O) groups is 1. The standard InChI is InChI=1S/C17H17N5O3S/c1-25-8-12-18-17-20-16(24)14-11(9-3-5-10(26-2)6-4-9)7-13(23)19-15(14)22(17)21-12/h3-6,11H,7-8H2,1-2H3,(H,19,23)(H,18,20,21,24)/t11-/m1/s1. The summed E-state index contributed by atoms with van der Waals surface area (Å²) in [5.74, 6) is 0.579. The zero-order valence-electron chi connectivity index (χ0n) is 14.3. The number of benzene rings is 1. The van der Waals surface area contributed by atoms with Crippen LogP contribution in [0.5, 0.6) is 0 Å². The largest absolute Gasteiger partial charge is 0.377 e. The van der Waals surface area contributed by atoms with Crippen LogP contribution in [0.4, 0.5) is 5.82 Å². The summed E-state index contributed by atoms with van der Waals surface area (Å²) < 4.78 is 6.51. The predicted molar refractivity (Wildman–Crippen MR) is 97.6 cm³/mol. The molecule has 8 nitrogen and oxygen atoms in total. The van der Waals surface area contributed by atoms with E-state index in [1.54, 1.807) is 18.9 Å². The van der Waals surface area contributed by atoms with Gasteiger partial charge in [0.05, 0.1) is 5.56 Å². The van der Waals surface area contributed by atoms with Crippen molar-refractivity contribution in [2.75, 3.05) is 18.7 Å². The summed E-state index contributed by atoms with van der Waals surface area (Å²) in [5.41, 5.74) is 1.13. The first kappa shape index (κ1) is 16.8. The van der Waals surface area contributed by atoms with E-state index in [0.717, 1.165) is 10.5 Å². The number of hydrogen-bond donors (Lipinski definition) is 2. The number of anilines is 1. The van der Waals surface area contributed by atoms with Crippen molar-refractivity contribution < 1.29 is 9.53 Å². The summed E-state index contributed by atoms with van der Waals surface area (Å²) in [6.07, 6.45) is 2.21. The molecule has 1 aliphatic heterocycles. The molecule has 0 radical (unpaired) electrons. The normalized spacial score (nSPS) is 16.5. The number of fused-ring (bicyclic) bond motifs is 3. The Kier molecular flexibility index (Phi) is 4.25. The molecule has 0 unspecified atom stereocenters. The molecule has 1 aliphatic rings. The number of aromatic nitrogens is 4. The van der Waals surface area contributed by atoms with Crippen LogP contribution >= 0.6 is 11.8 Å². The third kappa shape index (κ3) is 2.78. The second-order valence-corrected chi connectivity index (χ2v) is 6.87. The maximum Gasteiger partial charge on any atom is 0.258 e. The van der Waals surface area contributed by atoms with Crippen molar-refractivity contribution in [3.8, 4) is 0 Å². The highest BCUT2D eigenvalue weighted by molar-refractivity contribution is 7.98. The Morgan fingerprint density at radius 2 is 2.08 bits per heavy atom. The molecule has 1 aromatic carbocycles.